The van der Waals surface area contributed by atoms with Crippen LogP contribution in [0.2, 0.25) is 0 Å². The minimum absolute atomic E-state index is 0.307. The van der Waals surface area contributed by atoms with Crippen LogP contribution in [0.25, 0.3) is 0 Å². The van der Waals surface area contributed by atoms with Gasteiger partial charge in [-0.25, -0.2) is 14.1 Å². The third kappa shape index (κ3) is 2.20. The lowest BCUT2D eigenvalue weighted by molar-refractivity contribution is -0.385. The van der Waals surface area contributed by atoms with Gasteiger partial charge in [-0.1, -0.05) is 0 Å². The molecule has 1 atom stereocenters. The number of non-ortho nitro benzene ring substituents is 1. The first kappa shape index (κ1) is 13.6. The summed E-state index contributed by atoms with van der Waals surface area (Å²) in [6.07, 6.45) is 0. The van der Waals surface area contributed by atoms with Gasteiger partial charge in [-0.3, -0.25) is 25.0 Å². The number of carbonyl (C=O) groups is 3. The first-order valence-electron chi connectivity index (χ1n) is 5.45. The Morgan fingerprint density at radius 3 is 2.55 bits per heavy atom. The fraction of sp³-hybridized carbons (Fsp3) is 0.182. The third-order valence-electron chi connectivity index (χ3n) is 2.75. The number of nitro groups is 1. The van der Waals surface area contributed by atoms with E-state index in [1.807, 2.05) is 5.32 Å². The topological polar surface area (TPSA) is 110 Å². The van der Waals surface area contributed by atoms with Crippen LogP contribution in [-0.2, 0) is 9.59 Å². The first-order valence-corrected chi connectivity index (χ1v) is 5.45. The maximum Gasteiger partial charge on any atom is 0.335 e. The second kappa shape index (κ2) is 4.68. The summed E-state index contributed by atoms with van der Waals surface area (Å²) in [6.45, 7) is 1.27. The lowest BCUT2D eigenvalue weighted by Gasteiger charge is -2.28. The Kier molecular flexibility index (Phi) is 3.18. The van der Waals surface area contributed by atoms with E-state index in [-0.39, 0.29) is 5.69 Å². The van der Waals surface area contributed by atoms with E-state index in [4.69, 9.17) is 0 Å². The summed E-state index contributed by atoms with van der Waals surface area (Å²) in [5.41, 5.74) is -0.913. The predicted molar refractivity (Wildman–Crippen MR) is 63.2 cm³/mol. The Morgan fingerprint density at radius 1 is 1.30 bits per heavy atom. The summed E-state index contributed by atoms with van der Waals surface area (Å²) < 4.78 is 13.3. The normalized spacial score (nSPS) is 19.0. The number of rotatable bonds is 2. The van der Waals surface area contributed by atoms with Crippen molar-refractivity contribution in [1.82, 2.24) is 5.32 Å². The molecular formula is C11H8FN3O5. The van der Waals surface area contributed by atoms with Crippen molar-refractivity contribution in [2.75, 3.05) is 4.90 Å². The number of benzene rings is 1. The standard InChI is InChI=1S/C11H8FN3O5/c1-5-9(16)13-11(18)14(10(5)17)7-2-6(12)3-8(4-7)15(19)20/h2-5H,1H3,(H,13,16,18). The molecule has 1 aromatic carbocycles. The maximum atomic E-state index is 13.3. The molecule has 2 rings (SSSR count). The van der Waals surface area contributed by atoms with Gasteiger partial charge < -0.3 is 0 Å². The fourth-order valence-corrected chi connectivity index (χ4v) is 1.71. The van der Waals surface area contributed by atoms with Crippen molar-refractivity contribution in [3.05, 3.63) is 34.1 Å². The molecule has 1 saturated heterocycles. The van der Waals surface area contributed by atoms with E-state index in [0.717, 1.165) is 12.1 Å². The van der Waals surface area contributed by atoms with Crippen LogP contribution in [-0.4, -0.2) is 22.8 Å². The van der Waals surface area contributed by atoms with Crippen molar-refractivity contribution >= 4 is 29.2 Å². The van der Waals surface area contributed by atoms with E-state index in [9.17, 15) is 28.9 Å². The Labute approximate surface area is 111 Å². The third-order valence-corrected chi connectivity index (χ3v) is 2.75. The summed E-state index contributed by atoms with van der Waals surface area (Å²) in [6, 6.07) is 1.26. The zero-order chi connectivity index (χ0) is 15.0. The van der Waals surface area contributed by atoms with Gasteiger partial charge in [-0.15, -0.1) is 0 Å². The lowest BCUT2D eigenvalue weighted by Crippen LogP contribution is -2.57. The van der Waals surface area contributed by atoms with Gasteiger partial charge in [0.1, 0.15) is 11.7 Å². The van der Waals surface area contributed by atoms with Crippen LogP contribution in [0.4, 0.5) is 20.6 Å². The van der Waals surface area contributed by atoms with Crippen molar-refractivity contribution < 1.29 is 23.7 Å². The smallest absolute Gasteiger partial charge is 0.277 e. The number of nitro benzene ring substituents is 1. The van der Waals surface area contributed by atoms with Crippen molar-refractivity contribution in [1.29, 1.82) is 0 Å². The zero-order valence-electron chi connectivity index (χ0n) is 10.1. The molecular weight excluding hydrogens is 273 g/mol. The van der Waals surface area contributed by atoms with Crippen LogP contribution in [0.1, 0.15) is 6.92 Å². The lowest BCUT2D eigenvalue weighted by atomic mass is 10.1. The number of halogens is 1. The largest absolute Gasteiger partial charge is 0.335 e. The van der Waals surface area contributed by atoms with Gasteiger partial charge >= 0.3 is 6.03 Å². The van der Waals surface area contributed by atoms with Crippen LogP contribution >= 0.6 is 0 Å². The van der Waals surface area contributed by atoms with Gasteiger partial charge in [-0.2, -0.15) is 0 Å². The van der Waals surface area contributed by atoms with Crippen LogP contribution in [0.3, 0.4) is 0 Å². The number of urea groups is 1. The number of barbiturate groups is 1. The average molecular weight is 281 g/mol. The number of imide groups is 2. The highest BCUT2D eigenvalue weighted by molar-refractivity contribution is 6.27. The number of hydrogen-bond acceptors (Lipinski definition) is 5. The minimum atomic E-state index is -1.14. The summed E-state index contributed by atoms with van der Waals surface area (Å²) >= 11 is 0. The molecule has 1 N–H and O–H groups in total. The molecule has 0 saturated carbocycles. The molecule has 4 amide bonds. The van der Waals surface area contributed by atoms with E-state index in [0.29, 0.717) is 11.0 Å². The Bertz CT molecular complexity index is 645. The molecule has 20 heavy (non-hydrogen) atoms. The van der Waals surface area contributed by atoms with E-state index >= 15 is 0 Å². The molecule has 104 valence electrons. The van der Waals surface area contributed by atoms with Crippen LogP contribution in [0.5, 0.6) is 0 Å². The van der Waals surface area contributed by atoms with Crippen molar-refractivity contribution in [3.8, 4) is 0 Å². The van der Waals surface area contributed by atoms with Gasteiger partial charge in [0.2, 0.25) is 11.8 Å². The highest BCUT2D eigenvalue weighted by atomic mass is 19.1. The number of nitrogens with zero attached hydrogens (tertiary/aromatic N) is 2. The quantitative estimate of drug-likeness (QED) is 0.493. The molecule has 1 aliphatic rings. The van der Waals surface area contributed by atoms with Crippen molar-refractivity contribution in [3.63, 3.8) is 0 Å². The first-order chi connectivity index (χ1) is 9.31. The van der Waals surface area contributed by atoms with Crippen LogP contribution < -0.4 is 10.2 Å². The zero-order valence-corrected chi connectivity index (χ0v) is 10.1. The molecule has 0 aromatic heterocycles. The second-order valence-electron chi connectivity index (χ2n) is 4.11. The predicted octanol–water partition coefficient (Wildman–Crippen LogP) is 0.953. The highest BCUT2D eigenvalue weighted by Crippen LogP contribution is 2.26. The summed E-state index contributed by atoms with van der Waals surface area (Å²) in [7, 11) is 0. The molecule has 1 fully saturated rings. The average Bonchev–Trinajstić information content (AvgIpc) is 2.35. The number of hydrogen-bond donors (Lipinski definition) is 1. The molecule has 9 heteroatoms. The number of amides is 4. The second-order valence-corrected chi connectivity index (χ2v) is 4.11. The van der Waals surface area contributed by atoms with Gasteiger partial charge in [0.05, 0.1) is 16.7 Å². The van der Waals surface area contributed by atoms with E-state index in [2.05, 4.69) is 0 Å². The monoisotopic (exact) mass is 281 g/mol. The molecule has 0 radical (unpaired) electrons. The number of anilines is 1. The summed E-state index contributed by atoms with van der Waals surface area (Å²) in [5, 5.41) is 12.6. The van der Waals surface area contributed by atoms with Crippen LogP contribution in [0, 0.1) is 21.8 Å². The van der Waals surface area contributed by atoms with Gasteiger partial charge in [0, 0.05) is 6.07 Å². The van der Waals surface area contributed by atoms with E-state index in [1.54, 1.807) is 0 Å². The molecule has 0 bridgehead atoms. The summed E-state index contributed by atoms with van der Waals surface area (Å²) in [4.78, 5) is 45.1. The van der Waals surface area contributed by atoms with Gasteiger partial charge in [0.25, 0.3) is 5.69 Å². The number of nitrogens with one attached hydrogen (secondary N) is 1. The molecule has 1 unspecified atom stereocenters. The fourth-order valence-electron chi connectivity index (χ4n) is 1.71. The molecule has 8 nitrogen and oxygen atoms in total. The number of carbonyl (C=O) groups excluding carboxylic acids is 3. The molecule has 0 spiro atoms. The highest BCUT2D eigenvalue weighted by Gasteiger charge is 2.39. The molecule has 0 aliphatic carbocycles. The Balaban J connectivity index is 2.50. The SMILES string of the molecule is CC1C(=O)NC(=O)N(c2cc(F)cc([N+](=O)[O-])c2)C1=O. The van der Waals surface area contributed by atoms with Gasteiger partial charge in [-0.05, 0) is 13.0 Å². The van der Waals surface area contributed by atoms with Crippen molar-refractivity contribution in [2.24, 2.45) is 5.92 Å². The minimum Gasteiger partial charge on any atom is -0.277 e. The molecule has 1 aliphatic heterocycles. The molecule has 1 aromatic rings. The Hall–Kier alpha value is -2.84. The van der Waals surface area contributed by atoms with Gasteiger partial charge in [0.15, 0.2) is 0 Å². The van der Waals surface area contributed by atoms with Crippen LogP contribution in [0.15, 0.2) is 18.2 Å². The van der Waals surface area contributed by atoms with E-state index in [1.165, 1.54) is 6.92 Å². The summed E-state index contributed by atoms with van der Waals surface area (Å²) in [5.74, 6) is -3.77. The van der Waals surface area contributed by atoms with E-state index < -0.39 is 40.2 Å². The van der Waals surface area contributed by atoms with Crippen molar-refractivity contribution in [2.45, 2.75) is 6.92 Å². The molecule has 1 heterocycles. The Morgan fingerprint density at radius 2 is 1.95 bits per heavy atom. The maximum absolute atomic E-state index is 13.3.